The van der Waals surface area contributed by atoms with Gasteiger partial charge in [0, 0.05) is 19.2 Å². The van der Waals surface area contributed by atoms with E-state index in [-0.39, 0.29) is 55.3 Å². The number of carbonyl (C=O) groups is 4. The van der Waals surface area contributed by atoms with Gasteiger partial charge in [0.1, 0.15) is 56.4 Å². The van der Waals surface area contributed by atoms with Gasteiger partial charge in [-0.2, -0.15) is 4.90 Å². The Kier molecular flexibility index (Phi) is 15.0. The fourth-order valence-corrected chi connectivity index (χ4v) is 6.54. The molecule has 18 heteroatoms. The third-order valence-corrected chi connectivity index (χ3v) is 13.3. The predicted molar refractivity (Wildman–Crippen MR) is 230 cm³/mol. The van der Waals surface area contributed by atoms with Crippen LogP contribution in [0.5, 0.6) is 11.5 Å². The molecule has 58 heavy (non-hydrogen) atoms. The number of benzene rings is 2. The number of nitrogens with zero attached hydrogens (tertiary/aromatic N) is 5. The van der Waals surface area contributed by atoms with Crippen LogP contribution in [0.15, 0.2) is 49.3 Å². The maximum Gasteiger partial charge on any atom is 0.423 e. The Hall–Kier alpha value is -4.90. The molecule has 5 amide bonds. The number of carbonyl (C=O) groups excluding carboxylic acids is 4. The molecule has 0 saturated heterocycles. The van der Waals surface area contributed by atoms with Crippen LogP contribution < -0.4 is 29.5 Å². The van der Waals surface area contributed by atoms with Gasteiger partial charge in [0.2, 0.25) is 5.91 Å². The van der Waals surface area contributed by atoms with Crippen LogP contribution in [0, 0.1) is 0 Å². The van der Waals surface area contributed by atoms with E-state index in [1.165, 1.54) is 33.4 Å². The van der Waals surface area contributed by atoms with Gasteiger partial charge >= 0.3 is 18.2 Å². The van der Waals surface area contributed by atoms with Crippen LogP contribution in [0.4, 0.5) is 43.1 Å². The lowest BCUT2D eigenvalue weighted by Crippen LogP contribution is -2.48. The van der Waals surface area contributed by atoms with Crippen LogP contribution in [0.2, 0.25) is 28.2 Å². The number of aryl methyl sites for hydroxylation is 1. The van der Waals surface area contributed by atoms with Gasteiger partial charge in [0.05, 0.1) is 25.6 Å². The number of anilines is 5. The summed E-state index contributed by atoms with van der Waals surface area (Å²) >= 11 is 13.4. The fraction of sp³-hybridized carbons (Fsp3) is 0.450. The number of hydrogen-bond donors (Lipinski definition) is 2. The minimum Gasteiger partial charge on any atom is -0.495 e. The lowest BCUT2D eigenvalue weighted by molar-refractivity contribution is -0.111. The van der Waals surface area contributed by atoms with Crippen molar-refractivity contribution in [3.8, 4) is 11.5 Å². The van der Waals surface area contributed by atoms with E-state index < -0.39 is 43.6 Å². The Morgan fingerprint density at radius 3 is 1.90 bits per heavy atom. The topological polar surface area (TPSA) is 173 Å². The molecule has 1 heterocycles. The average Bonchev–Trinajstić information content (AvgIpc) is 3.11. The minimum absolute atomic E-state index is 0.0485. The first-order valence-corrected chi connectivity index (χ1v) is 21.9. The van der Waals surface area contributed by atoms with E-state index in [1.807, 2.05) is 26.9 Å². The standard InChI is InChI=1S/C40H54Cl2N6O9Si/c1-15-31(49)45-25-20-24(18-19-40(8,9)58(13,14)53)16-17-26(25)47(36(51)56-38(2,3)4)30-22-29(43-23-44-30)46(10)35(50)48(37(52)57-39(5,6)7)34-32(41)27(54-11)21-28(55-12)33(34)42/h15-17,20-23,53H,1,18-19H2,2-14H3,(H,45,49). The lowest BCUT2D eigenvalue weighted by Gasteiger charge is -2.35. The average molecular weight is 862 g/mol. The lowest BCUT2D eigenvalue weighted by atomic mass is 10.0. The number of ether oxygens (including phenoxy) is 4. The molecule has 0 unspecified atom stereocenters. The highest BCUT2D eigenvalue weighted by molar-refractivity contribution is 6.72. The quantitative estimate of drug-likeness (QED) is 0.131. The summed E-state index contributed by atoms with van der Waals surface area (Å²) in [6.07, 6.45) is 1.40. The molecule has 2 N–H and O–H groups in total. The van der Waals surface area contributed by atoms with Crippen molar-refractivity contribution < 1.29 is 42.9 Å². The molecular weight excluding hydrogens is 807 g/mol. The van der Waals surface area contributed by atoms with Crippen LogP contribution in [0.1, 0.15) is 67.4 Å². The van der Waals surface area contributed by atoms with Crippen molar-refractivity contribution in [1.29, 1.82) is 0 Å². The van der Waals surface area contributed by atoms with Gasteiger partial charge in [-0.25, -0.2) is 29.3 Å². The molecule has 15 nitrogen and oxygen atoms in total. The third-order valence-electron chi connectivity index (χ3n) is 9.06. The molecule has 0 aliphatic heterocycles. The Bertz CT molecular complexity index is 2020. The number of amides is 5. The fourth-order valence-electron chi connectivity index (χ4n) is 5.14. The van der Waals surface area contributed by atoms with E-state index in [0.29, 0.717) is 17.7 Å². The van der Waals surface area contributed by atoms with Crippen LogP contribution in [-0.4, -0.2) is 79.7 Å². The molecule has 3 aromatic rings. The molecule has 0 spiro atoms. The van der Waals surface area contributed by atoms with Crippen molar-refractivity contribution in [3.05, 3.63) is 64.9 Å². The Morgan fingerprint density at radius 1 is 0.862 bits per heavy atom. The molecule has 0 aliphatic rings. The molecule has 0 aliphatic carbocycles. The first-order chi connectivity index (χ1) is 26.7. The van der Waals surface area contributed by atoms with Crippen LogP contribution >= 0.6 is 23.2 Å². The molecule has 0 fully saturated rings. The van der Waals surface area contributed by atoms with Gasteiger partial charge in [0.25, 0.3) is 0 Å². The number of aromatic nitrogens is 2. The number of methoxy groups -OCH3 is 2. The van der Waals surface area contributed by atoms with Gasteiger partial charge < -0.3 is 29.1 Å². The van der Waals surface area contributed by atoms with Gasteiger partial charge in [-0.05, 0) is 96.3 Å². The molecule has 2 aromatic carbocycles. The number of urea groups is 1. The summed E-state index contributed by atoms with van der Waals surface area (Å²) in [6, 6.07) is 6.84. The van der Waals surface area contributed by atoms with Crippen molar-refractivity contribution in [3.63, 3.8) is 0 Å². The summed E-state index contributed by atoms with van der Waals surface area (Å²) in [4.78, 5) is 77.5. The summed E-state index contributed by atoms with van der Waals surface area (Å²) in [5.74, 6) is -0.613. The zero-order valence-corrected chi connectivity index (χ0v) is 37.9. The molecule has 0 bridgehead atoms. The SMILES string of the molecule is C=CC(=O)Nc1cc(CCC(C)(C)[Si](C)(C)O)ccc1N(C(=O)OC(C)(C)C)c1cc(N(C)C(=O)N(C(=O)OC(C)(C)C)c2c(Cl)c(OC)cc(OC)c2Cl)ncn1. The smallest absolute Gasteiger partial charge is 0.423 e. The van der Waals surface area contributed by atoms with Crippen LogP contribution in [0.3, 0.4) is 0 Å². The van der Waals surface area contributed by atoms with Crippen molar-refractivity contribution in [2.75, 3.05) is 41.3 Å². The number of halogens is 2. The van der Waals surface area contributed by atoms with Crippen molar-refractivity contribution in [2.24, 2.45) is 0 Å². The second-order valence-corrected chi connectivity index (χ2v) is 21.7. The summed E-state index contributed by atoms with van der Waals surface area (Å²) in [7, 11) is 1.48. The molecular formula is C40H54Cl2N6O9Si. The minimum atomic E-state index is -2.52. The monoisotopic (exact) mass is 860 g/mol. The van der Waals surface area contributed by atoms with E-state index in [0.717, 1.165) is 27.8 Å². The summed E-state index contributed by atoms with van der Waals surface area (Å²) in [6.45, 7) is 21.3. The third kappa shape index (κ3) is 11.6. The van der Waals surface area contributed by atoms with Crippen molar-refractivity contribution in [2.45, 2.75) is 97.6 Å². The highest BCUT2D eigenvalue weighted by atomic mass is 35.5. The zero-order chi connectivity index (χ0) is 44.1. The predicted octanol–water partition coefficient (Wildman–Crippen LogP) is 9.91. The number of imide groups is 1. The largest absolute Gasteiger partial charge is 0.495 e. The van der Waals surface area contributed by atoms with Crippen molar-refractivity contribution >= 4 is 84.3 Å². The maximum atomic E-state index is 14.5. The van der Waals surface area contributed by atoms with E-state index in [2.05, 4.69) is 21.9 Å². The second kappa shape index (κ2) is 18.3. The van der Waals surface area contributed by atoms with Crippen molar-refractivity contribution in [1.82, 2.24) is 9.97 Å². The normalized spacial score (nSPS) is 11.9. The summed E-state index contributed by atoms with van der Waals surface area (Å²) < 4.78 is 22.2. The number of nitrogens with one attached hydrogen (secondary N) is 1. The van der Waals surface area contributed by atoms with Gasteiger partial charge in [-0.3, -0.25) is 9.69 Å². The summed E-state index contributed by atoms with van der Waals surface area (Å²) in [5, 5.41) is 2.08. The number of hydrogen-bond acceptors (Lipinski definition) is 11. The Morgan fingerprint density at radius 2 is 1.40 bits per heavy atom. The van der Waals surface area contributed by atoms with E-state index in [4.69, 9.17) is 42.1 Å². The zero-order valence-electron chi connectivity index (χ0n) is 35.4. The first-order valence-electron chi connectivity index (χ1n) is 18.2. The second-order valence-electron chi connectivity index (χ2n) is 16.5. The van der Waals surface area contributed by atoms with Crippen LogP contribution in [0.25, 0.3) is 0 Å². The van der Waals surface area contributed by atoms with Gasteiger partial charge in [0.15, 0.2) is 8.32 Å². The Labute approximate surface area is 351 Å². The maximum absolute atomic E-state index is 14.5. The molecule has 0 saturated carbocycles. The molecule has 316 valence electrons. The van der Waals surface area contributed by atoms with Gasteiger partial charge in [-0.15, -0.1) is 0 Å². The molecule has 0 radical (unpaired) electrons. The van der Waals surface area contributed by atoms with Crippen LogP contribution in [-0.2, 0) is 20.7 Å². The Balaban J connectivity index is 2.25. The molecule has 0 atom stereocenters. The molecule has 1 aromatic heterocycles. The van der Waals surface area contributed by atoms with E-state index >= 15 is 0 Å². The summed E-state index contributed by atoms with van der Waals surface area (Å²) in [5.41, 5.74) is -1.11. The number of rotatable bonds is 12. The first kappa shape index (κ1) is 47.5. The van der Waals surface area contributed by atoms with Gasteiger partial charge in [-0.1, -0.05) is 49.7 Å². The van der Waals surface area contributed by atoms with E-state index in [9.17, 15) is 24.0 Å². The molecule has 3 rings (SSSR count). The highest BCUT2D eigenvalue weighted by Gasteiger charge is 2.39. The highest BCUT2D eigenvalue weighted by Crippen LogP contribution is 2.47. The van der Waals surface area contributed by atoms with E-state index in [1.54, 1.807) is 59.7 Å².